The topological polar surface area (TPSA) is 71.8 Å². The summed E-state index contributed by atoms with van der Waals surface area (Å²) in [5.41, 5.74) is 4.98. The summed E-state index contributed by atoms with van der Waals surface area (Å²) >= 11 is 0. The molecule has 0 radical (unpaired) electrons. The van der Waals surface area contributed by atoms with E-state index in [1.165, 1.54) is 5.56 Å². The molecule has 2 N–H and O–H groups in total. The Hall–Kier alpha value is -3.15. The fraction of sp³-hybridized carbons (Fsp3) is 0.286. The Balaban J connectivity index is 1.58. The maximum Gasteiger partial charge on any atom is 0.319 e. The van der Waals surface area contributed by atoms with Crippen molar-refractivity contribution in [1.82, 2.24) is 20.1 Å². The van der Waals surface area contributed by atoms with Crippen LogP contribution in [0.5, 0.6) is 0 Å². The Labute approximate surface area is 159 Å². The predicted octanol–water partition coefficient (Wildman–Crippen LogP) is 4.10. The van der Waals surface area contributed by atoms with Gasteiger partial charge in [0.25, 0.3) is 0 Å². The van der Waals surface area contributed by atoms with Crippen LogP contribution in [0.15, 0.2) is 55.1 Å². The zero-order valence-electron chi connectivity index (χ0n) is 16.2. The van der Waals surface area contributed by atoms with Crippen molar-refractivity contribution < 1.29 is 4.79 Å². The number of nitrogens with zero attached hydrogens (tertiary/aromatic N) is 3. The number of aryl methyl sites for hydroxylation is 1. The molecular formula is C21H25N5O. The smallest absolute Gasteiger partial charge is 0.319 e. The number of carbonyl (C=O) groups is 1. The zero-order chi connectivity index (χ0) is 19.4. The first-order valence-electron chi connectivity index (χ1n) is 8.89. The lowest BCUT2D eigenvalue weighted by Gasteiger charge is -2.19. The number of anilines is 1. The number of hydrogen-bond acceptors (Lipinski definition) is 3. The van der Waals surface area contributed by atoms with Gasteiger partial charge < -0.3 is 10.6 Å². The van der Waals surface area contributed by atoms with E-state index < -0.39 is 0 Å². The molecule has 0 bridgehead atoms. The molecule has 0 unspecified atom stereocenters. The van der Waals surface area contributed by atoms with Crippen LogP contribution in [0.2, 0.25) is 0 Å². The number of benzene rings is 1. The molecule has 0 spiro atoms. The van der Waals surface area contributed by atoms with E-state index in [1.54, 1.807) is 23.3 Å². The molecule has 0 aliphatic rings. The van der Waals surface area contributed by atoms with Gasteiger partial charge in [-0.2, -0.15) is 5.10 Å². The predicted molar refractivity (Wildman–Crippen MR) is 107 cm³/mol. The molecule has 2 amide bonds. The Morgan fingerprint density at radius 3 is 2.44 bits per heavy atom. The molecule has 0 atom stereocenters. The summed E-state index contributed by atoms with van der Waals surface area (Å²) in [5, 5.41) is 9.90. The van der Waals surface area contributed by atoms with Gasteiger partial charge in [-0.15, -0.1) is 0 Å². The minimum absolute atomic E-state index is 0.0904. The maximum absolute atomic E-state index is 12.2. The highest BCUT2D eigenvalue weighted by molar-refractivity contribution is 5.89. The van der Waals surface area contributed by atoms with Gasteiger partial charge in [0.2, 0.25) is 0 Å². The molecule has 0 saturated heterocycles. The molecule has 6 nitrogen and oxygen atoms in total. The van der Waals surface area contributed by atoms with E-state index in [0.29, 0.717) is 6.54 Å². The molecule has 0 aliphatic heterocycles. The first-order chi connectivity index (χ1) is 12.8. The summed E-state index contributed by atoms with van der Waals surface area (Å²) in [4.78, 5) is 16.4. The van der Waals surface area contributed by atoms with E-state index in [1.807, 2.05) is 43.6 Å². The monoisotopic (exact) mass is 363 g/mol. The van der Waals surface area contributed by atoms with Gasteiger partial charge in [-0.05, 0) is 34.7 Å². The van der Waals surface area contributed by atoms with Crippen LogP contribution >= 0.6 is 0 Å². The number of urea groups is 1. The maximum atomic E-state index is 12.2. The highest BCUT2D eigenvalue weighted by Gasteiger charge is 2.13. The number of aromatic nitrogens is 3. The zero-order valence-corrected chi connectivity index (χ0v) is 16.2. The van der Waals surface area contributed by atoms with E-state index >= 15 is 0 Å². The summed E-state index contributed by atoms with van der Waals surface area (Å²) in [7, 11) is 1.88. The highest BCUT2D eigenvalue weighted by Crippen LogP contribution is 2.23. The first kappa shape index (κ1) is 18.6. The van der Waals surface area contributed by atoms with Crippen molar-refractivity contribution in [3.05, 3.63) is 66.2 Å². The van der Waals surface area contributed by atoms with Crippen LogP contribution in [0.25, 0.3) is 11.1 Å². The third kappa shape index (κ3) is 4.94. The van der Waals surface area contributed by atoms with Crippen LogP contribution in [-0.2, 0) is 19.0 Å². The highest BCUT2D eigenvalue weighted by atomic mass is 16.2. The average Bonchev–Trinajstić information content (AvgIpc) is 3.06. The van der Waals surface area contributed by atoms with Crippen molar-refractivity contribution in [2.24, 2.45) is 7.05 Å². The van der Waals surface area contributed by atoms with Crippen LogP contribution < -0.4 is 10.6 Å². The molecule has 2 heterocycles. The third-order valence-corrected chi connectivity index (χ3v) is 4.29. The summed E-state index contributed by atoms with van der Waals surface area (Å²) in [5.74, 6) is 0. The molecule has 2 aromatic heterocycles. The molecule has 0 aliphatic carbocycles. The average molecular weight is 363 g/mol. The number of amides is 2. The second-order valence-electron chi connectivity index (χ2n) is 7.62. The van der Waals surface area contributed by atoms with Crippen molar-refractivity contribution in [2.75, 3.05) is 5.32 Å². The Bertz CT molecular complexity index is 922. The SMILES string of the molecule is Cn1cc(-c2cncc(CNC(=O)Nc3ccc(C(C)(C)C)cc3)c2)cn1. The summed E-state index contributed by atoms with van der Waals surface area (Å²) in [6.07, 6.45) is 7.26. The normalized spacial score (nSPS) is 11.3. The summed E-state index contributed by atoms with van der Waals surface area (Å²) < 4.78 is 1.75. The number of nitrogens with one attached hydrogen (secondary N) is 2. The molecule has 0 fully saturated rings. The van der Waals surface area contributed by atoms with E-state index in [0.717, 1.165) is 22.4 Å². The second-order valence-corrected chi connectivity index (χ2v) is 7.62. The van der Waals surface area contributed by atoms with Gasteiger partial charge in [0.15, 0.2) is 0 Å². The summed E-state index contributed by atoms with van der Waals surface area (Å²) in [6.45, 7) is 6.88. The minimum atomic E-state index is -0.245. The minimum Gasteiger partial charge on any atom is -0.334 e. The standard InChI is InChI=1S/C21H25N5O/c1-21(2,3)18-5-7-19(8-6-18)25-20(27)23-11-15-9-16(12-22-10-15)17-13-24-26(4)14-17/h5-10,12-14H,11H2,1-4H3,(H2,23,25,27). The van der Waals surface area contributed by atoms with Crippen LogP contribution in [0.4, 0.5) is 10.5 Å². The third-order valence-electron chi connectivity index (χ3n) is 4.29. The number of carbonyl (C=O) groups excluding carboxylic acids is 1. The van der Waals surface area contributed by atoms with Crippen molar-refractivity contribution >= 4 is 11.7 Å². The fourth-order valence-electron chi connectivity index (χ4n) is 2.72. The van der Waals surface area contributed by atoms with E-state index in [-0.39, 0.29) is 11.4 Å². The van der Waals surface area contributed by atoms with Gasteiger partial charge in [-0.3, -0.25) is 9.67 Å². The van der Waals surface area contributed by atoms with Gasteiger partial charge in [0.1, 0.15) is 0 Å². The van der Waals surface area contributed by atoms with Crippen molar-refractivity contribution in [1.29, 1.82) is 0 Å². The number of rotatable bonds is 4. The van der Waals surface area contributed by atoms with Crippen molar-refractivity contribution in [3.63, 3.8) is 0 Å². The van der Waals surface area contributed by atoms with Gasteiger partial charge >= 0.3 is 6.03 Å². The number of pyridine rings is 1. The quantitative estimate of drug-likeness (QED) is 0.733. The van der Waals surface area contributed by atoms with Crippen LogP contribution in [0.1, 0.15) is 31.9 Å². The molecule has 27 heavy (non-hydrogen) atoms. The van der Waals surface area contributed by atoms with Crippen LogP contribution in [-0.4, -0.2) is 20.8 Å². The fourth-order valence-corrected chi connectivity index (χ4v) is 2.72. The van der Waals surface area contributed by atoms with Crippen molar-refractivity contribution in [2.45, 2.75) is 32.7 Å². The van der Waals surface area contributed by atoms with Crippen molar-refractivity contribution in [3.8, 4) is 11.1 Å². The van der Waals surface area contributed by atoms with Crippen LogP contribution in [0.3, 0.4) is 0 Å². The molecule has 3 aromatic rings. The largest absolute Gasteiger partial charge is 0.334 e. The van der Waals surface area contributed by atoms with E-state index in [9.17, 15) is 4.79 Å². The van der Waals surface area contributed by atoms with E-state index in [4.69, 9.17) is 0 Å². The Morgan fingerprint density at radius 1 is 1.07 bits per heavy atom. The summed E-state index contributed by atoms with van der Waals surface area (Å²) in [6, 6.07) is 9.68. The molecular weight excluding hydrogens is 338 g/mol. The lowest BCUT2D eigenvalue weighted by Crippen LogP contribution is -2.28. The van der Waals surface area contributed by atoms with Crippen LogP contribution in [0, 0.1) is 0 Å². The van der Waals surface area contributed by atoms with Gasteiger partial charge in [0.05, 0.1) is 6.20 Å². The van der Waals surface area contributed by atoms with E-state index in [2.05, 4.69) is 41.5 Å². The first-order valence-corrected chi connectivity index (χ1v) is 8.89. The van der Waals surface area contributed by atoms with Gasteiger partial charge in [0, 0.05) is 49.0 Å². The Morgan fingerprint density at radius 2 is 1.81 bits per heavy atom. The number of hydrogen-bond donors (Lipinski definition) is 2. The lowest BCUT2D eigenvalue weighted by molar-refractivity contribution is 0.251. The van der Waals surface area contributed by atoms with Gasteiger partial charge in [-0.1, -0.05) is 32.9 Å². The molecule has 140 valence electrons. The molecule has 6 heteroatoms. The Kier molecular flexibility index (Phi) is 5.26. The lowest BCUT2D eigenvalue weighted by atomic mass is 9.87. The second kappa shape index (κ2) is 7.61. The molecule has 0 saturated carbocycles. The molecule has 3 rings (SSSR count). The van der Waals surface area contributed by atoms with Gasteiger partial charge in [-0.25, -0.2) is 4.79 Å². The molecule has 1 aromatic carbocycles.